The summed E-state index contributed by atoms with van der Waals surface area (Å²) in [6, 6.07) is 33.4. The molecule has 1 heterocycles. The maximum absolute atomic E-state index is 6.50. The van der Waals surface area contributed by atoms with Crippen LogP contribution in [0.25, 0.3) is 17.1 Å². The summed E-state index contributed by atoms with van der Waals surface area (Å²) in [5.74, 6) is 2.05. The summed E-state index contributed by atoms with van der Waals surface area (Å²) in [7, 11) is 0. The summed E-state index contributed by atoms with van der Waals surface area (Å²) in [5.41, 5.74) is 4.62. The van der Waals surface area contributed by atoms with E-state index in [1.165, 1.54) is 0 Å². The molecule has 0 amide bonds. The van der Waals surface area contributed by atoms with Crippen molar-refractivity contribution in [2.24, 2.45) is 4.99 Å². The van der Waals surface area contributed by atoms with Gasteiger partial charge in [0, 0.05) is 21.3 Å². The summed E-state index contributed by atoms with van der Waals surface area (Å²) in [6.07, 6.45) is 0. The van der Waals surface area contributed by atoms with Crippen molar-refractivity contribution in [3.8, 4) is 17.1 Å². The summed E-state index contributed by atoms with van der Waals surface area (Å²) >= 11 is 14.2. The zero-order valence-electron chi connectivity index (χ0n) is 20.0. The van der Waals surface area contributed by atoms with E-state index < -0.39 is 0 Å². The van der Waals surface area contributed by atoms with Crippen LogP contribution in [0.5, 0.6) is 0 Å². The van der Waals surface area contributed by atoms with E-state index in [2.05, 4.69) is 15.5 Å². The number of halogens is 2. The SMILES string of the molecule is Cc1ccc(-n2c(SCC(=Nc3ccccc3)Nc3ccccc3)nnc2-c2ccc(Cl)cc2)cc1Cl. The monoisotopic (exact) mass is 543 g/mol. The lowest BCUT2D eigenvalue weighted by Gasteiger charge is -2.13. The first kappa shape index (κ1) is 25.1. The first-order valence-electron chi connectivity index (χ1n) is 11.6. The smallest absolute Gasteiger partial charge is 0.196 e. The second-order valence-electron chi connectivity index (χ2n) is 8.26. The molecule has 0 fully saturated rings. The molecule has 5 nitrogen and oxygen atoms in total. The summed E-state index contributed by atoms with van der Waals surface area (Å²) in [5, 5.41) is 14.6. The highest BCUT2D eigenvalue weighted by molar-refractivity contribution is 7.99. The molecule has 4 aromatic carbocycles. The Bertz CT molecular complexity index is 1520. The van der Waals surface area contributed by atoms with Gasteiger partial charge >= 0.3 is 0 Å². The molecule has 184 valence electrons. The number of benzene rings is 4. The first-order valence-corrected chi connectivity index (χ1v) is 13.4. The highest BCUT2D eigenvalue weighted by Gasteiger charge is 2.18. The lowest BCUT2D eigenvalue weighted by molar-refractivity contribution is 0.887. The number of thioether (sulfide) groups is 1. The summed E-state index contributed by atoms with van der Waals surface area (Å²) in [6.45, 7) is 1.98. The Kier molecular flexibility index (Phi) is 7.90. The van der Waals surface area contributed by atoms with Crippen molar-refractivity contribution in [1.29, 1.82) is 0 Å². The fourth-order valence-corrected chi connectivity index (χ4v) is 4.80. The minimum atomic E-state index is 0.544. The van der Waals surface area contributed by atoms with Gasteiger partial charge in [-0.1, -0.05) is 77.4 Å². The van der Waals surface area contributed by atoms with Crippen molar-refractivity contribution in [2.45, 2.75) is 12.1 Å². The maximum Gasteiger partial charge on any atom is 0.196 e. The molecule has 1 N–H and O–H groups in total. The van der Waals surface area contributed by atoms with Crippen LogP contribution in [0.1, 0.15) is 5.56 Å². The number of rotatable bonds is 7. The molecule has 8 heteroatoms. The molecule has 0 aliphatic carbocycles. The summed E-state index contributed by atoms with van der Waals surface area (Å²) in [4.78, 5) is 4.86. The van der Waals surface area contributed by atoms with Crippen molar-refractivity contribution < 1.29 is 0 Å². The molecule has 5 rings (SSSR count). The number of hydrogen-bond acceptors (Lipinski definition) is 4. The topological polar surface area (TPSA) is 55.1 Å². The minimum absolute atomic E-state index is 0.544. The van der Waals surface area contributed by atoms with Gasteiger partial charge in [0.1, 0.15) is 5.84 Å². The van der Waals surface area contributed by atoms with Crippen molar-refractivity contribution >= 4 is 52.2 Å². The Morgan fingerprint density at radius 2 is 1.57 bits per heavy atom. The van der Waals surface area contributed by atoms with Gasteiger partial charge in [-0.15, -0.1) is 10.2 Å². The maximum atomic E-state index is 6.50. The van der Waals surface area contributed by atoms with E-state index in [1.807, 2.05) is 115 Å². The number of aryl methyl sites for hydroxylation is 1. The molecule has 0 saturated carbocycles. The zero-order chi connectivity index (χ0) is 25.6. The molecular formula is C29H23Cl2N5S. The number of nitrogens with zero attached hydrogens (tertiary/aromatic N) is 4. The molecule has 0 saturated heterocycles. The largest absolute Gasteiger partial charge is 0.343 e. The van der Waals surface area contributed by atoms with E-state index in [0.717, 1.165) is 39.2 Å². The number of aliphatic imine (C=N–C) groups is 1. The Morgan fingerprint density at radius 3 is 2.27 bits per heavy atom. The average molecular weight is 545 g/mol. The Balaban J connectivity index is 1.51. The van der Waals surface area contributed by atoms with Gasteiger partial charge in [0.25, 0.3) is 0 Å². The second-order valence-corrected chi connectivity index (χ2v) is 10.0. The average Bonchev–Trinajstić information content (AvgIpc) is 3.34. The van der Waals surface area contributed by atoms with E-state index in [-0.39, 0.29) is 0 Å². The number of para-hydroxylation sites is 2. The standard InChI is InChI=1S/C29H23Cl2N5S/c1-20-12-17-25(18-26(20)31)36-28(21-13-15-22(30)16-14-21)34-35-29(36)37-19-27(32-23-8-4-2-5-9-23)33-24-10-6-3-7-11-24/h2-18H,19H2,1H3,(H,32,33). The lowest BCUT2D eigenvalue weighted by atomic mass is 10.2. The van der Waals surface area contributed by atoms with Crippen LogP contribution in [0.4, 0.5) is 11.4 Å². The first-order chi connectivity index (χ1) is 18.1. The van der Waals surface area contributed by atoms with Crippen LogP contribution in [0, 0.1) is 6.92 Å². The number of nitrogens with one attached hydrogen (secondary N) is 1. The van der Waals surface area contributed by atoms with Gasteiger partial charge in [0.15, 0.2) is 11.0 Å². The van der Waals surface area contributed by atoms with Crippen LogP contribution in [0.15, 0.2) is 113 Å². The molecule has 0 aliphatic heterocycles. The third-order valence-corrected chi connectivity index (χ3v) is 7.17. The highest BCUT2D eigenvalue weighted by Crippen LogP contribution is 2.31. The predicted octanol–water partition coefficient (Wildman–Crippen LogP) is 8.48. The third-order valence-electron chi connectivity index (χ3n) is 5.57. The predicted molar refractivity (Wildman–Crippen MR) is 156 cm³/mol. The third kappa shape index (κ3) is 6.23. The lowest BCUT2D eigenvalue weighted by Crippen LogP contribution is -2.15. The zero-order valence-corrected chi connectivity index (χ0v) is 22.3. The van der Waals surface area contributed by atoms with Gasteiger partial charge < -0.3 is 5.32 Å². The fourth-order valence-electron chi connectivity index (χ4n) is 3.68. The van der Waals surface area contributed by atoms with Gasteiger partial charge in [-0.2, -0.15) is 0 Å². The number of aromatic nitrogens is 3. The van der Waals surface area contributed by atoms with Gasteiger partial charge in [0.2, 0.25) is 0 Å². The van der Waals surface area contributed by atoms with Crippen LogP contribution in [0.3, 0.4) is 0 Å². The molecule has 0 unspecified atom stereocenters. The normalized spacial score (nSPS) is 11.5. The van der Waals surface area contributed by atoms with Crippen LogP contribution < -0.4 is 5.32 Å². The van der Waals surface area contributed by atoms with Crippen molar-refractivity contribution in [3.63, 3.8) is 0 Å². The number of anilines is 1. The van der Waals surface area contributed by atoms with Gasteiger partial charge in [-0.25, -0.2) is 4.99 Å². The van der Waals surface area contributed by atoms with E-state index in [1.54, 1.807) is 11.8 Å². The van der Waals surface area contributed by atoms with Crippen LogP contribution >= 0.6 is 35.0 Å². The van der Waals surface area contributed by atoms with Crippen LogP contribution in [-0.2, 0) is 0 Å². The molecule has 0 aliphatic rings. The Morgan fingerprint density at radius 1 is 0.865 bits per heavy atom. The fraction of sp³-hybridized carbons (Fsp3) is 0.0690. The van der Waals surface area contributed by atoms with Gasteiger partial charge in [-0.3, -0.25) is 4.57 Å². The van der Waals surface area contributed by atoms with Gasteiger partial charge in [-0.05, 0) is 73.2 Å². The molecule has 1 aromatic heterocycles. The van der Waals surface area contributed by atoms with E-state index in [0.29, 0.717) is 21.6 Å². The Labute approximate surface area is 230 Å². The summed E-state index contributed by atoms with van der Waals surface area (Å²) < 4.78 is 2.02. The molecule has 0 radical (unpaired) electrons. The molecule has 5 aromatic rings. The molecule has 0 atom stereocenters. The van der Waals surface area contributed by atoms with Crippen molar-refractivity contribution in [2.75, 3.05) is 11.1 Å². The highest BCUT2D eigenvalue weighted by atomic mass is 35.5. The van der Waals surface area contributed by atoms with Crippen LogP contribution in [-0.4, -0.2) is 26.4 Å². The van der Waals surface area contributed by atoms with E-state index >= 15 is 0 Å². The number of hydrogen-bond donors (Lipinski definition) is 1. The van der Waals surface area contributed by atoms with Crippen molar-refractivity contribution in [1.82, 2.24) is 14.8 Å². The molecule has 37 heavy (non-hydrogen) atoms. The second kappa shape index (κ2) is 11.6. The Hall–Kier alpha value is -3.58. The van der Waals surface area contributed by atoms with E-state index in [9.17, 15) is 0 Å². The van der Waals surface area contributed by atoms with Gasteiger partial charge in [0.05, 0.1) is 17.1 Å². The quantitative estimate of drug-likeness (QED) is 0.127. The van der Waals surface area contributed by atoms with E-state index in [4.69, 9.17) is 28.2 Å². The molecule has 0 spiro atoms. The number of amidine groups is 1. The molecule has 0 bridgehead atoms. The van der Waals surface area contributed by atoms with Crippen LogP contribution in [0.2, 0.25) is 10.0 Å². The minimum Gasteiger partial charge on any atom is -0.343 e. The molecular weight excluding hydrogens is 521 g/mol. The van der Waals surface area contributed by atoms with Crippen molar-refractivity contribution in [3.05, 3.63) is 119 Å².